The van der Waals surface area contributed by atoms with Crippen LogP contribution in [0.5, 0.6) is 0 Å². The fourth-order valence-electron chi connectivity index (χ4n) is 1.26. The second kappa shape index (κ2) is 4.89. The molecule has 1 aliphatic rings. The van der Waals surface area contributed by atoms with Gasteiger partial charge in [-0.05, 0) is 0 Å². The van der Waals surface area contributed by atoms with Gasteiger partial charge in [0.05, 0.1) is 12.6 Å². The van der Waals surface area contributed by atoms with Crippen LogP contribution >= 0.6 is 0 Å². The summed E-state index contributed by atoms with van der Waals surface area (Å²) in [5.74, 6) is 0. The molecule has 16 heavy (non-hydrogen) atoms. The van der Waals surface area contributed by atoms with E-state index in [9.17, 15) is 23.7 Å². The number of hydrogen-bond acceptors (Lipinski definition) is 8. The van der Waals surface area contributed by atoms with E-state index in [1.54, 1.807) is 0 Å². The highest BCUT2D eigenvalue weighted by atomic mass is 32.3. The topological polar surface area (TPSA) is 160 Å². The van der Waals surface area contributed by atoms with E-state index in [1.807, 2.05) is 0 Å². The van der Waals surface area contributed by atoms with Crippen molar-refractivity contribution in [2.75, 3.05) is 6.61 Å². The molecule has 2 unspecified atom stereocenters. The van der Waals surface area contributed by atoms with E-state index in [-0.39, 0.29) is 0 Å². The Morgan fingerprint density at radius 3 is 2.31 bits per heavy atom. The lowest BCUT2D eigenvalue weighted by Crippen LogP contribution is -2.62. The number of ether oxygens (including phenoxy) is 1. The van der Waals surface area contributed by atoms with Gasteiger partial charge in [-0.3, -0.25) is 4.55 Å². The highest BCUT2D eigenvalue weighted by Crippen LogP contribution is 2.19. The molecule has 0 radical (unpaired) electrons. The second-order valence-corrected chi connectivity index (χ2v) is 4.43. The molecule has 1 saturated heterocycles. The Morgan fingerprint density at radius 1 is 1.25 bits per heavy atom. The molecule has 9 nitrogen and oxygen atoms in total. The molecular weight excluding hydrogens is 246 g/mol. The second-order valence-electron chi connectivity index (χ2n) is 3.34. The molecular formula is C6H13NO8S. The molecule has 0 aromatic carbocycles. The minimum Gasteiger partial charge on any atom is -0.388 e. The van der Waals surface area contributed by atoms with Gasteiger partial charge in [0.1, 0.15) is 18.3 Å². The largest absolute Gasteiger partial charge is 0.397 e. The van der Waals surface area contributed by atoms with Gasteiger partial charge in [-0.15, -0.1) is 0 Å². The first kappa shape index (κ1) is 13.7. The summed E-state index contributed by atoms with van der Waals surface area (Å²) >= 11 is 0. The first-order chi connectivity index (χ1) is 7.22. The van der Waals surface area contributed by atoms with Crippen molar-refractivity contribution in [2.45, 2.75) is 30.6 Å². The first-order valence-electron chi connectivity index (χ1n) is 4.29. The summed E-state index contributed by atoms with van der Waals surface area (Å²) in [6.07, 6.45) is -5.89. The van der Waals surface area contributed by atoms with Crippen molar-refractivity contribution in [1.29, 1.82) is 0 Å². The number of aliphatic hydroxyl groups excluding tert-OH is 3. The van der Waals surface area contributed by atoms with Crippen molar-refractivity contribution in [3.05, 3.63) is 0 Å². The molecule has 0 saturated carbocycles. The van der Waals surface area contributed by atoms with Gasteiger partial charge < -0.3 is 25.8 Å². The Hall–Kier alpha value is -0.330. The Morgan fingerprint density at radius 2 is 1.81 bits per heavy atom. The molecule has 1 aliphatic heterocycles. The fourth-order valence-corrected chi connectivity index (χ4v) is 1.56. The average Bonchev–Trinajstić information content (AvgIpc) is 2.17. The van der Waals surface area contributed by atoms with Gasteiger partial charge in [0, 0.05) is 0 Å². The van der Waals surface area contributed by atoms with Crippen LogP contribution in [-0.2, 0) is 19.3 Å². The van der Waals surface area contributed by atoms with Crippen LogP contribution in [-0.4, -0.2) is 65.5 Å². The molecule has 0 spiro atoms. The predicted molar refractivity (Wildman–Crippen MR) is 48.4 cm³/mol. The highest BCUT2D eigenvalue weighted by Gasteiger charge is 2.42. The SMILES string of the molecule is N[C@H]1C(O)[C@@H](O)C(COS(=O)(=O)O)O[C@H]1O. The Kier molecular flexibility index (Phi) is 4.20. The minimum absolute atomic E-state index is 0.749. The third-order valence-electron chi connectivity index (χ3n) is 2.15. The fraction of sp³-hybridized carbons (Fsp3) is 1.00. The summed E-state index contributed by atoms with van der Waals surface area (Å²) in [4.78, 5) is 0. The highest BCUT2D eigenvalue weighted by molar-refractivity contribution is 7.80. The lowest BCUT2D eigenvalue weighted by molar-refractivity contribution is -0.247. The monoisotopic (exact) mass is 259 g/mol. The van der Waals surface area contributed by atoms with E-state index in [4.69, 9.17) is 15.0 Å². The van der Waals surface area contributed by atoms with Crippen molar-refractivity contribution in [2.24, 2.45) is 5.73 Å². The summed E-state index contributed by atoms with van der Waals surface area (Å²) in [6, 6.07) is -1.21. The predicted octanol–water partition coefficient (Wildman–Crippen LogP) is -3.43. The van der Waals surface area contributed by atoms with E-state index in [0.717, 1.165) is 0 Å². The van der Waals surface area contributed by atoms with Crippen LogP contribution in [0.2, 0.25) is 0 Å². The van der Waals surface area contributed by atoms with Crippen molar-refractivity contribution in [3.63, 3.8) is 0 Å². The maximum Gasteiger partial charge on any atom is 0.397 e. The molecule has 5 atom stereocenters. The molecule has 0 bridgehead atoms. The van der Waals surface area contributed by atoms with Crippen LogP contribution in [0.3, 0.4) is 0 Å². The van der Waals surface area contributed by atoms with Gasteiger partial charge in [-0.25, -0.2) is 4.18 Å². The number of rotatable bonds is 3. The lowest BCUT2D eigenvalue weighted by atomic mass is 9.98. The summed E-state index contributed by atoms with van der Waals surface area (Å²) < 4.78 is 37.4. The number of aliphatic hydroxyl groups is 3. The van der Waals surface area contributed by atoms with Gasteiger partial charge in [0.25, 0.3) is 0 Å². The zero-order valence-corrected chi connectivity index (χ0v) is 8.82. The van der Waals surface area contributed by atoms with Crippen molar-refractivity contribution >= 4 is 10.4 Å². The third-order valence-corrected chi connectivity index (χ3v) is 2.58. The van der Waals surface area contributed by atoms with Crippen LogP contribution in [0.4, 0.5) is 0 Å². The van der Waals surface area contributed by atoms with Gasteiger partial charge in [-0.2, -0.15) is 8.42 Å². The quantitative estimate of drug-likeness (QED) is 0.325. The molecule has 0 amide bonds. The van der Waals surface area contributed by atoms with Crippen LogP contribution in [0.25, 0.3) is 0 Å². The molecule has 1 rings (SSSR count). The third kappa shape index (κ3) is 3.33. The zero-order valence-electron chi connectivity index (χ0n) is 8.00. The number of hydrogen-bond donors (Lipinski definition) is 5. The van der Waals surface area contributed by atoms with Gasteiger partial charge in [0.15, 0.2) is 6.29 Å². The van der Waals surface area contributed by atoms with Crippen molar-refractivity contribution < 1.29 is 37.2 Å². The molecule has 1 fully saturated rings. The molecule has 0 aliphatic carbocycles. The average molecular weight is 259 g/mol. The summed E-state index contributed by atoms with van der Waals surface area (Å²) in [5.41, 5.74) is 5.26. The normalized spacial score (nSPS) is 40.9. The molecule has 96 valence electrons. The molecule has 0 aromatic rings. The van der Waals surface area contributed by atoms with E-state index >= 15 is 0 Å². The summed E-state index contributed by atoms with van der Waals surface area (Å²) in [7, 11) is -4.68. The smallest absolute Gasteiger partial charge is 0.388 e. The van der Waals surface area contributed by atoms with Crippen LogP contribution in [0.1, 0.15) is 0 Å². The molecule has 6 N–H and O–H groups in total. The Bertz CT molecular complexity index is 331. The van der Waals surface area contributed by atoms with Gasteiger partial charge in [0.2, 0.25) is 0 Å². The Balaban J connectivity index is 2.61. The zero-order chi connectivity index (χ0) is 12.5. The van der Waals surface area contributed by atoms with E-state index in [1.165, 1.54) is 0 Å². The number of nitrogens with two attached hydrogens (primary N) is 1. The van der Waals surface area contributed by atoms with Crippen LogP contribution in [0, 0.1) is 0 Å². The Labute approximate surface area is 91.3 Å². The summed E-state index contributed by atoms with van der Waals surface area (Å²) in [5, 5.41) is 27.9. The van der Waals surface area contributed by atoms with Crippen molar-refractivity contribution in [3.8, 4) is 0 Å². The molecule has 0 aromatic heterocycles. The summed E-state index contributed by atoms with van der Waals surface area (Å²) in [6.45, 7) is -0.749. The van der Waals surface area contributed by atoms with E-state index in [2.05, 4.69) is 4.18 Å². The molecule has 10 heteroatoms. The van der Waals surface area contributed by atoms with E-state index in [0.29, 0.717) is 0 Å². The van der Waals surface area contributed by atoms with Gasteiger partial charge in [-0.1, -0.05) is 0 Å². The van der Waals surface area contributed by atoms with E-state index < -0.39 is 47.6 Å². The minimum atomic E-state index is -4.68. The maximum atomic E-state index is 10.3. The lowest BCUT2D eigenvalue weighted by Gasteiger charge is -2.38. The van der Waals surface area contributed by atoms with Gasteiger partial charge >= 0.3 is 10.4 Å². The molecule has 1 heterocycles. The van der Waals surface area contributed by atoms with Crippen LogP contribution < -0.4 is 5.73 Å². The van der Waals surface area contributed by atoms with Crippen LogP contribution in [0.15, 0.2) is 0 Å². The van der Waals surface area contributed by atoms with Crippen molar-refractivity contribution in [1.82, 2.24) is 0 Å². The maximum absolute atomic E-state index is 10.3. The standard InChI is InChI=1S/C6H13NO8S/c7-3-5(9)4(8)2(15-6(3)10)1-14-16(11,12)13/h2-6,8-10H,1,7H2,(H,11,12,13)/t2?,3-,4-,5?,6+/m0/s1. The first-order valence-corrected chi connectivity index (χ1v) is 5.66.